The predicted octanol–water partition coefficient (Wildman–Crippen LogP) is 1.94. The Hall–Kier alpha value is -1.55. The van der Waals surface area contributed by atoms with Gasteiger partial charge >= 0.3 is 0 Å². The van der Waals surface area contributed by atoms with E-state index in [0.29, 0.717) is 25.1 Å². The Labute approximate surface area is 119 Å². The largest absolute Gasteiger partial charge is 0.493 e. The molecular weight excluding hydrogens is 252 g/mol. The molecule has 108 valence electrons. The number of nitrogens with zero attached hydrogens (tertiary/aromatic N) is 1. The van der Waals surface area contributed by atoms with Gasteiger partial charge in [-0.1, -0.05) is 18.2 Å². The zero-order valence-corrected chi connectivity index (χ0v) is 11.7. The summed E-state index contributed by atoms with van der Waals surface area (Å²) in [5.74, 6) is 1.05. The highest BCUT2D eigenvalue weighted by Crippen LogP contribution is 2.35. The summed E-state index contributed by atoms with van der Waals surface area (Å²) < 4.78 is 5.61. The van der Waals surface area contributed by atoms with Crippen molar-refractivity contribution in [2.75, 3.05) is 6.61 Å². The summed E-state index contributed by atoms with van der Waals surface area (Å²) in [5.41, 5.74) is 6.03. The predicted molar refractivity (Wildman–Crippen MR) is 77.4 cm³/mol. The van der Waals surface area contributed by atoms with Gasteiger partial charge in [0.15, 0.2) is 0 Å². The molecule has 3 rings (SSSR count). The summed E-state index contributed by atoms with van der Waals surface area (Å²) in [5, 5.41) is 0. The van der Waals surface area contributed by atoms with Gasteiger partial charge in [0.2, 0.25) is 5.91 Å². The van der Waals surface area contributed by atoms with Crippen LogP contribution in [0.3, 0.4) is 0 Å². The van der Waals surface area contributed by atoms with E-state index in [9.17, 15) is 4.79 Å². The molecule has 2 bridgehead atoms. The zero-order chi connectivity index (χ0) is 13.9. The molecule has 2 aliphatic rings. The van der Waals surface area contributed by atoms with E-state index in [2.05, 4.69) is 4.90 Å². The molecule has 2 atom stereocenters. The first-order valence-electron chi connectivity index (χ1n) is 7.48. The average Bonchev–Trinajstić information content (AvgIpc) is 2.72. The molecule has 2 N–H and O–H groups in total. The molecular formula is C16H22N2O2. The van der Waals surface area contributed by atoms with Crippen LogP contribution in [-0.2, 0) is 4.79 Å². The van der Waals surface area contributed by atoms with Gasteiger partial charge in [-0.15, -0.1) is 0 Å². The lowest BCUT2D eigenvalue weighted by Gasteiger charge is -2.37. The van der Waals surface area contributed by atoms with Crippen molar-refractivity contribution in [1.29, 1.82) is 0 Å². The van der Waals surface area contributed by atoms with Crippen molar-refractivity contribution in [2.45, 2.75) is 50.2 Å². The molecule has 2 unspecified atom stereocenters. The molecule has 0 spiro atoms. The van der Waals surface area contributed by atoms with E-state index in [4.69, 9.17) is 10.5 Å². The molecule has 0 radical (unpaired) electrons. The Morgan fingerprint density at radius 2 is 1.85 bits per heavy atom. The number of carbonyl (C=O) groups excluding carboxylic acids is 1. The van der Waals surface area contributed by atoms with Crippen molar-refractivity contribution in [3.8, 4) is 5.75 Å². The maximum Gasteiger partial charge on any atom is 0.226 e. The first-order chi connectivity index (χ1) is 9.74. The number of ether oxygens (including phenoxy) is 1. The summed E-state index contributed by atoms with van der Waals surface area (Å²) >= 11 is 0. The SMILES string of the molecule is NC1CC2CCC(C1)N2C(=O)CCOc1ccccc1. The van der Waals surface area contributed by atoms with E-state index in [1.54, 1.807) is 0 Å². The fourth-order valence-electron chi connectivity index (χ4n) is 3.53. The third-order valence-electron chi connectivity index (χ3n) is 4.39. The second-order valence-electron chi connectivity index (χ2n) is 5.83. The van der Waals surface area contributed by atoms with Crippen molar-refractivity contribution in [2.24, 2.45) is 5.73 Å². The molecule has 1 amide bonds. The highest BCUT2D eigenvalue weighted by molar-refractivity contribution is 5.77. The van der Waals surface area contributed by atoms with Gasteiger partial charge in [-0.2, -0.15) is 0 Å². The Kier molecular flexibility index (Phi) is 3.92. The fraction of sp³-hybridized carbons (Fsp3) is 0.562. The second kappa shape index (κ2) is 5.83. The van der Waals surface area contributed by atoms with Gasteiger partial charge in [-0.3, -0.25) is 4.79 Å². The van der Waals surface area contributed by atoms with E-state index < -0.39 is 0 Å². The van der Waals surface area contributed by atoms with Gasteiger partial charge in [-0.05, 0) is 37.8 Å². The van der Waals surface area contributed by atoms with Crippen LogP contribution in [0, 0.1) is 0 Å². The average molecular weight is 274 g/mol. The van der Waals surface area contributed by atoms with Crippen molar-refractivity contribution < 1.29 is 9.53 Å². The molecule has 1 aromatic rings. The van der Waals surface area contributed by atoms with Crippen LogP contribution in [-0.4, -0.2) is 35.5 Å². The van der Waals surface area contributed by atoms with E-state index in [0.717, 1.165) is 31.4 Å². The maximum absolute atomic E-state index is 12.4. The maximum atomic E-state index is 12.4. The third kappa shape index (κ3) is 2.80. The summed E-state index contributed by atoms with van der Waals surface area (Å²) in [4.78, 5) is 14.4. The standard InChI is InChI=1S/C16H22N2O2/c17-12-10-13-6-7-14(11-12)18(13)16(19)8-9-20-15-4-2-1-3-5-15/h1-5,12-14H,6-11,17H2. The van der Waals surface area contributed by atoms with Crippen LogP contribution in [0.4, 0.5) is 0 Å². The number of benzene rings is 1. The Balaban J connectivity index is 1.50. The van der Waals surface area contributed by atoms with Crippen molar-refractivity contribution >= 4 is 5.91 Å². The van der Waals surface area contributed by atoms with Crippen LogP contribution >= 0.6 is 0 Å². The van der Waals surface area contributed by atoms with Crippen LogP contribution in [0.2, 0.25) is 0 Å². The minimum atomic E-state index is 0.223. The summed E-state index contributed by atoms with van der Waals surface area (Å²) in [7, 11) is 0. The smallest absolute Gasteiger partial charge is 0.226 e. The number of amides is 1. The summed E-state index contributed by atoms with van der Waals surface area (Å²) in [6.07, 6.45) is 4.61. The number of fused-ring (bicyclic) bond motifs is 2. The van der Waals surface area contributed by atoms with Gasteiger partial charge in [0.1, 0.15) is 5.75 Å². The normalized spacial score (nSPS) is 28.4. The van der Waals surface area contributed by atoms with Crippen LogP contribution in [0.1, 0.15) is 32.1 Å². The molecule has 2 aliphatic heterocycles. The molecule has 0 aliphatic carbocycles. The third-order valence-corrected chi connectivity index (χ3v) is 4.39. The van der Waals surface area contributed by atoms with Gasteiger partial charge in [0, 0.05) is 18.1 Å². The molecule has 4 heteroatoms. The number of hydrogen-bond donors (Lipinski definition) is 1. The molecule has 2 heterocycles. The van der Waals surface area contributed by atoms with Crippen molar-refractivity contribution in [3.05, 3.63) is 30.3 Å². The number of rotatable bonds is 4. The van der Waals surface area contributed by atoms with Crippen molar-refractivity contribution in [1.82, 2.24) is 4.90 Å². The van der Waals surface area contributed by atoms with E-state index in [-0.39, 0.29) is 11.9 Å². The van der Waals surface area contributed by atoms with Gasteiger partial charge in [0.05, 0.1) is 13.0 Å². The zero-order valence-electron chi connectivity index (χ0n) is 11.7. The van der Waals surface area contributed by atoms with Gasteiger partial charge < -0.3 is 15.4 Å². The quantitative estimate of drug-likeness (QED) is 0.913. The van der Waals surface area contributed by atoms with Crippen molar-refractivity contribution in [3.63, 3.8) is 0 Å². The summed E-state index contributed by atoms with van der Waals surface area (Å²) in [6, 6.07) is 10.7. The Bertz CT molecular complexity index is 449. The highest BCUT2D eigenvalue weighted by Gasteiger charge is 2.41. The minimum absolute atomic E-state index is 0.223. The Morgan fingerprint density at radius 3 is 2.50 bits per heavy atom. The molecule has 20 heavy (non-hydrogen) atoms. The fourth-order valence-corrected chi connectivity index (χ4v) is 3.53. The number of carbonyl (C=O) groups is 1. The number of para-hydroxylation sites is 1. The van der Waals surface area contributed by atoms with E-state index in [1.807, 2.05) is 30.3 Å². The number of hydrogen-bond acceptors (Lipinski definition) is 3. The lowest BCUT2D eigenvalue weighted by Crippen LogP contribution is -2.50. The molecule has 0 aromatic heterocycles. The van der Waals surface area contributed by atoms with E-state index >= 15 is 0 Å². The monoisotopic (exact) mass is 274 g/mol. The topological polar surface area (TPSA) is 55.6 Å². The lowest BCUT2D eigenvalue weighted by molar-refractivity contribution is -0.136. The lowest BCUT2D eigenvalue weighted by atomic mass is 9.98. The number of piperidine rings is 1. The van der Waals surface area contributed by atoms with Crippen LogP contribution in [0.15, 0.2) is 30.3 Å². The van der Waals surface area contributed by atoms with E-state index in [1.165, 1.54) is 0 Å². The molecule has 2 fully saturated rings. The minimum Gasteiger partial charge on any atom is -0.493 e. The number of nitrogens with two attached hydrogens (primary N) is 1. The highest BCUT2D eigenvalue weighted by atomic mass is 16.5. The van der Waals surface area contributed by atoms with Crippen LogP contribution in [0.25, 0.3) is 0 Å². The summed E-state index contributed by atoms with van der Waals surface area (Å²) in [6.45, 7) is 0.449. The molecule has 1 aromatic carbocycles. The van der Waals surface area contributed by atoms with Crippen LogP contribution < -0.4 is 10.5 Å². The second-order valence-corrected chi connectivity index (χ2v) is 5.83. The Morgan fingerprint density at radius 1 is 1.20 bits per heavy atom. The van der Waals surface area contributed by atoms with Gasteiger partial charge in [0.25, 0.3) is 0 Å². The molecule has 4 nitrogen and oxygen atoms in total. The van der Waals surface area contributed by atoms with Crippen LogP contribution in [0.5, 0.6) is 5.75 Å². The van der Waals surface area contributed by atoms with Gasteiger partial charge in [-0.25, -0.2) is 0 Å². The molecule has 2 saturated heterocycles. The first-order valence-corrected chi connectivity index (χ1v) is 7.48. The first kappa shape index (κ1) is 13.4. The molecule has 0 saturated carbocycles.